The molecule has 0 radical (unpaired) electrons. The summed E-state index contributed by atoms with van der Waals surface area (Å²) in [5.74, 6) is 0.568. The lowest BCUT2D eigenvalue weighted by Gasteiger charge is -2.43. The third-order valence-corrected chi connectivity index (χ3v) is 4.57. The first kappa shape index (κ1) is 15.7. The largest absolute Gasteiger partial charge is 0.392 e. The highest BCUT2D eigenvalue weighted by molar-refractivity contribution is 5.79. The molecule has 2 unspecified atom stereocenters. The molecule has 2 N–H and O–H groups in total. The van der Waals surface area contributed by atoms with Gasteiger partial charge in [-0.25, -0.2) is 0 Å². The molecular weight excluding hydrogens is 254 g/mol. The van der Waals surface area contributed by atoms with Crippen molar-refractivity contribution in [3.8, 4) is 0 Å². The Morgan fingerprint density at radius 2 is 2.05 bits per heavy atom. The molecule has 0 aliphatic carbocycles. The van der Waals surface area contributed by atoms with Gasteiger partial charge in [-0.3, -0.25) is 9.69 Å². The van der Waals surface area contributed by atoms with Crippen LogP contribution >= 0.6 is 0 Å². The van der Waals surface area contributed by atoms with E-state index in [9.17, 15) is 9.90 Å². The van der Waals surface area contributed by atoms with E-state index in [2.05, 4.69) is 22.0 Å². The number of carbonyl (C=O) groups is 1. The predicted octanol–water partition coefficient (Wildman–Crippen LogP) is 0.290. The Balaban J connectivity index is 1.90. The summed E-state index contributed by atoms with van der Waals surface area (Å²) in [6.07, 6.45) is 2.69. The van der Waals surface area contributed by atoms with Crippen LogP contribution in [0.1, 0.15) is 33.1 Å². The lowest BCUT2D eigenvalue weighted by atomic mass is 9.95. The fourth-order valence-electron chi connectivity index (χ4n) is 3.39. The van der Waals surface area contributed by atoms with Crippen molar-refractivity contribution in [3.63, 3.8) is 0 Å². The third-order valence-electron chi connectivity index (χ3n) is 4.57. The zero-order chi connectivity index (χ0) is 14.5. The van der Waals surface area contributed by atoms with E-state index in [0.29, 0.717) is 18.5 Å². The molecule has 0 bridgehead atoms. The number of rotatable bonds is 4. The molecule has 20 heavy (non-hydrogen) atoms. The monoisotopic (exact) mass is 283 g/mol. The topological polar surface area (TPSA) is 55.8 Å². The molecule has 0 aromatic rings. The standard InChI is InChI=1S/C15H29N3O2/c1-3-14-11-18(9-8-17(14)10-12(2)19)15(20)13-4-6-16-7-5-13/h12-14,16,19H,3-11H2,1-2H3. The second-order valence-electron chi connectivity index (χ2n) is 6.21. The molecule has 2 saturated heterocycles. The van der Waals surface area contributed by atoms with Crippen LogP contribution in [-0.2, 0) is 4.79 Å². The van der Waals surface area contributed by atoms with Crippen molar-refractivity contribution in [2.75, 3.05) is 39.3 Å². The van der Waals surface area contributed by atoms with Crippen LogP contribution in [0, 0.1) is 5.92 Å². The lowest BCUT2D eigenvalue weighted by molar-refractivity contribution is -0.139. The van der Waals surface area contributed by atoms with Crippen LogP contribution in [0.3, 0.4) is 0 Å². The maximum atomic E-state index is 12.6. The number of carbonyl (C=O) groups excluding carboxylic acids is 1. The second-order valence-corrected chi connectivity index (χ2v) is 6.21. The SMILES string of the molecule is CCC1CN(C(=O)C2CCNCC2)CCN1CC(C)O. The van der Waals surface area contributed by atoms with E-state index in [-0.39, 0.29) is 12.0 Å². The van der Waals surface area contributed by atoms with E-state index in [1.807, 2.05) is 6.92 Å². The second kappa shape index (κ2) is 7.38. The minimum Gasteiger partial charge on any atom is -0.392 e. The number of piperazine rings is 1. The Hall–Kier alpha value is -0.650. The molecule has 2 aliphatic rings. The van der Waals surface area contributed by atoms with Gasteiger partial charge in [0.25, 0.3) is 0 Å². The average Bonchev–Trinajstić information content (AvgIpc) is 2.47. The Morgan fingerprint density at radius 3 is 2.65 bits per heavy atom. The molecular formula is C15H29N3O2. The van der Waals surface area contributed by atoms with Gasteiger partial charge >= 0.3 is 0 Å². The summed E-state index contributed by atoms with van der Waals surface area (Å²) < 4.78 is 0. The molecule has 2 aliphatic heterocycles. The number of aliphatic hydroxyl groups is 1. The number of amides is 1. The van der Waals surface area contributed by atoms with E-state index < -0.39 is 0 Å². The van der Waals surface area contributed by atoms with Crippen LogP contribution in [0.2, 0.25) is 0 Å². The smallest absolute Gasteiger partial charge is 0.225 e. The number of β-amino-alcohol motifs (C(OH)–C–C–N with tert-alkyl or cyclic N) is 1. The molecule has 2 heterocycles. The van der Waals surface area contributed by atoms with E-state index in [1.165, 1.54) is 0 Å². The van der Waals surface area contributed by atoms with E-state index >= 15 is 0 Å². The first-order chi connectivity index (χ1) is 9.61. The van der Waals surface area contributed by atoms with E-state index in [4.69, 9.17) is 0 Å². The average molecular weight is 283 g/mol. The van der Waals surface area contributed by atoms with Crippen LogP contribution in [0.15, 0.2) is 0 Å². The van der Waals surface area contributed by atoms with Crippen molar-refractivity contribution >= 4 is 5.91 Å². The van der Waals surface area contributed by atoms with Crippen LogP contribution < -0.4 is 5.32 Å². The molecule has 5 nitrogen and oxygen atoms in total. The Kier molecular flexibility index (Phi) is 5.81. The molecule has 0 spiro atoms. The van der Waals surface area contributed by atoms with Crippen LogP contribution in [-0.4, -0.2) is 72.2 Å². The number of aliphatic hydroxyl groups excluding tert-OH is 1. The lowest BCUT2D eigenvalue weighted by Crippen LogP contribution is -2.57. The maximum absolute atomic E-state index is 12.6. The molecule has 2 atom stereocenters. The van der Waals surface area contributed by atoms with Gasteiger partial charge in [-0.05, 0) is 39.3 Å². The summed E-state index contributed by atoms with van der Waals surface area (Å²) in [4.78, 5) is 17.0. The van der Waals surface area contributed by atoms with Gasteiger partial charge in [-0.15, -0.1) is 0 Å². The highest BCUT2D eigenvalue weighted by Crippen LogP contribution is 2.19. The van der Waals surface area contributed by atoms with Gasteiger partial charge in [0.1, 0.15) is 0 Å². The van der Waals surface area contributed by atoms with Crippen molar-refractivity contribution in [2.45, 2.75) is 45.3 Å². The van der Waals surface area contributed by atoms with Gasteiger partial charge in [0.05, 0.1) is 6.10 Å². The summed E-state index contributed by atoms with van der Waals surface area (Å²) >= 11 is 0. The van der Waals surface area contributed by atoms with Gasteiger partial charge < -0.3 is 15.3 Å². The van der Waals surface area contributed by atoms with E-state index in [1.54, 1.807) is 0 Å². The van der Waals surface area contributed by atoms with Gasteiger partial charge in [0.2, 0.25) is 5.91 Å². The summed E-state index contributed by atoms with van der Waals surface area (Å²) in [6, 6.07) is 0.393. The number of nitrogens with zero attached hydrogens (tertiary/aromatic N) is 2. The first-order valence-electron chi connectivity index (χ1n) is 8.03. The van der Waals surface area contributed by atoms with E-state index in [0.717, 1.165) is 52.0 Å². The van der Waals surface area contributed by atoms with Crippen LogP contribution in [0.5, 0.6) is 0 Å². The minimum atomic E-state index is -0.296. The molecule has 2 rings (SSSR count). The van der Waals surface area contributed by atoms with Gasteiger partial charge in [0, 0.05) is 38.1 Å². The van der Waals surface area contributed by atoms with Gasteiger partial charge in [-0.1, -0.05) is 6.92 Å². The molecule has 0 saturated carbocycles. The Bertz CT molecular complexity index is 316. The van der Waals surface area contributed by atoms with Crippen LogP contribution in [0.25, 0.3) is 0 Å². The number of hydrogen-bond acceptors (Lipinski definition) is 4. The van der Waals surface area contributed by atoms with Crippen LogP contribution in [0.4, 0.5) is 0 Å². The highest BCUT2D eigenvalue weighted by atomic mass is 16.3. The molecule has 0 aromatic carbocycles. The van der Waals surface area contributed by atoms with Crippen molar-refractivity contribution in [3.05, 3.63) is 0 Å². The van der Waals surface area contributed by atoms with Gasteiger partial charge in [0.15, 0.2) is 0 Å². The van der Waals surface area contributed by atoms with Crippen molar-refractivity contribution < 1.29 is 9.90 Å². The summed E-state index contributed by atoms with van der Waals surface area (Å²) in [5, 5.41) is 12.9. The van der Waals surface area contributed by atoms with Crippen molar-refractivity contribution in [1.82, 2.24) is 15.1 Å². The Morgan fingerprint density at radius 1 is 1.35 bits per heavy atom. The zero-order valence-electron chi connectivity index (χ0n) is 12.8. The molecule has 116 valence electrons. The highest BCUT2D eigenvalue weighted by Gasteiger charge is 2.32. The third kappa shape index (κ3) is 3.93. The minimum absolute atomic E-state index is 0.220. The molecule has 2 fully saturated rings. The number of nitrogens with one attached hydrogen (secondary N) is 1. The summed E-state index contributed by atoms with van der Waals surface area (Å²) in [7, 11) is 0. The molecule has 1 amide bonds. The maximum Gasteiger partial charge on any atom is 0.225 e. The summed E-state index contributed by atoms with van der Waals surface area (Å²) in [5.41, 5.74) is 0. The first-order valence-corrected chi connectivity index (χ1v) is 8.03. The number of piperidine rings is 1. The van der Waals surface area contributed by atoms with Gasteiger partial charge in [-0.2, -0.15) is 0 Å². The predicted molar refractivity (Wildman–Crippen MR) is 79.5 cm³/mol. The fourth-order valence-corrected chi connectivity index (χ4v) is 3.39. The van der Waals surface area contributed by atoms with Crippen molar-refractivity contribution in [2.24, 2.45) is 5.92 Å². The molecule has 0 aromatic heterocycles. The molecule has 5 heteroatoms. The Labute approximate surface area is 122 Å². The number of hydrogen-bond donors (Lipinski definition) is 2. The fraction of sp³-hybridized carbons (Fsp3) is 0.933. The zero-order valence-corrected chi connectivity index (χ0v) is 12.8. The quantitative estimate of drug-likeness (QED) is 0.779. The summed E-state index contributed by atoms with van der Waals surface area (Å²) in [6.45, 7) is 9.18. The van der Waals surface area contributed by atoms with Crippen molar-refractivity contribution in [1.29, 1.82) is 0 Å². The normalized spacial score (nSPS) is 27.6.